The Kier molecular flexibility index (Phi) is 7.32. The lowest BCUT2D eigenvalue weighted by Gasteiger charge is -2.38. The lowest BCUT2D eigenvalue weighted by atomic mass is 10.0. The van der Waals surface area contributed by atoms with Crippen LogP contribution in [0, 0.1) is 11.5 Å². The Labute approximate surface area is 169 Å². The second-order valence-corrected chi connectivity index (χ2v) is 14.6. The zero-order valence-electron chi connectivity index (χ0n) is 16.9. The van der Waals surface area contributed by atoms with E-state index in [2.05, 4.69) is 117 Å². The summed E-state index contributed by atoms with van der Waals surface area (Å²) >= 11 is 3.55. The van der Waals surface area contributed by atoms with E-state index in [-0.39, 0.29) is 0 Å². The van der Waals surface area contributed by atoms with E-state index in [9.17, 15) is 0 Å². The van der Waals surface area contributed by atoms with Crippen molar-refractivity contribution in [2.24, 2.45) is 0 Å². The summed E-state index contributed by atoms with van der Waals surface area (Å²) in [4.78, 5) is 0. The van der Waals surface area contributed by atoms with Crippen LogP contribution < -0.4 is 0 Å². The van der Waals surface area contributed by atoms with Gasteiger partial charge in [-0.25, -0.2) is 0 Å². The maximum Gasteiger partial charge on any atom is 0.146 e. The molecule has 0 aliphatic heterocycles. The standard InChI is InChI=1S/C24H31BrSi/c1-18(2)26(19(3)4,20(5)6)15-14-21-10-12-22(13-11-21)16-23-8-7-9-24(25)17-23/h7-13,17-20H,16H2,1-6H3. The van der Waals surface area contributed by atoms with Crippen molar-refractivity contribution in [1.82, 2.24) is 0 Å². The van der Waals surface area contributed by atoms with Crippen molar-refractivity contribution in [3.8, 4) is 11.5 Å². The van der Waals surface area contributed by atoms with Crippen molar-refractivity contribution in [3.05, 3.63) is 69.7 Å². The van der Waals surface area contributed by atoms with E-state index in [1.54, 1.807) is 0 Å². The minimum absolute atomic E-state index is 0.672. The maximum absolute atomic E-state index is 3.81. The number of hydrogen-bond acceptors (Lipinski definition) is 0. The van der Waals surface area contributed by atoms with Gasteiger partial charge in [-0.1, -0.05) is 87.7 Å². The van der Waals surface area contributed by atoms with Gasteiger partial charge in [-0.15, -0.1) is 5.54 Å². The van der Waals surface area contributed by atoms with Crippen LogP contribution in [0.3, 0.4) is 0 Å². The molecule has 0 heterocycles. The van der Waals surface area contributed by atoms with Gasteiger partial charge in [0.2, 0.25) is 0 Å². The minimum Gasteiger partial charge on any atom is -0.125 e. The molecule has 0 unspecified atom stereocenters. The van der Waals surface area contributed by atoms with Gasteiger partial charge in [-0.05, 0) is 58.4 Å². The van der Waals surface area contributed by atoms with Crippen LogP contribution in [0.2, 0.25) is 16.6 Å². The topological polar surface area (TPSA) is 0 Å². The van der Waals surface area contributed by atoms with Crippen LogP contribution in [0.5, 0.6) is 0 Å². The van der Waals surface area contributed by atoms with Crippen LogP contribution in [-0.2, 0) is 6.42 Å². The zero-order valence-corrected chi connectivity index (χ0v) is 19.5. The van der Waals surface area contributed by atoms with Crippen LogP contribution in [0.15, 0.2) is 53.0 Å². The number of rotatable bonds is 5. The molecule has 0 N–H and O–H groups in total. The average molecular weight is 428 g/mol. The van der Waals surface area contributed by atoms with Crippen molar-refractivity contribution in [3.63, 3.8) is 0 Å². The summed E-state index contributed by atoms with van der Waals surface area (Å²) in [6.45, 7) is 14.2. The van der Waals surface area contributed by atoms with Crippen molar-refractivity contribution < 1.29 is 0 Å². The number of hydrogen-bond donors (Lipinski definition) is 0. The first-order valence-electron chi connectivity index (χ1n) is 9.62. The van der Waals surface area contributed by atoms with E-state index in [4.69, 9.17) is 0 Å². The van der Waals surface area contributed by atoms with Crippen LogP contribution in [0.25, 0.3) is 0 Å². The fourth-order valence-corrected chi connectivity index (χ4v) is 9.88. The van der Waals surface area contributed by atoms with Gasteiger partial charge in [0.15, 0.2) is 0 Å². The molecular formula is C24H31BrSi. The van der Waals surface area contributed by atoms with Crippen LogP contribution in [-0.4, -0.2) is 8.07 Å². The molecule has 2 rings (SSSR count). The zero-order chi connectivity index (χ0) is 19.3. The highest BCUT2D eigenvalue weighted by Gasteiger charge is 2.41. The Hall–Kier alpha value is -1.30. The molecule has 0 saturated carbocycles. The Morgan fingerprint density at radius 3 is 1.88 bits per heavy atom. The highest BCUT2D eigenvalue weighted by molar-refractivity contribution is 9.10. The second kappa shape index (κ2) is 9.06. The van der Waals surface area contributed by atoms with Gasteiger partial charge in [0.25, 0.3) is 0 Å². The predicted octanol–water partition coefficient (Wildman–Crippen LogP) is 7.61. The largest absolute Gasteiger partial charge is 0.146 e. The molecule has 0 spiro atoms. The highest BCUT2D eigenvalue weighted by Crippen LogP contribution is 2.40. The van der Waals surface area contributed by atoms with Crippen LogP contribution >= 0.6 is 15.9 Å². The van der Waals surface area contributed by atoms with Crippen LogP contribution in [0.4, 0.5) is 0 Å². The van der Waals surface area contributed by atoms with Crippen molar-refractivity contribution in [2.45, 2.75) is 64.6 Å². The van der Waals surface area contributed by atoms with Gasteiger partial charge in [0, 0.05) is 10.0 Å². The average Bonchev–Trinajstić information content (AvgIpc) is 2.56. The third-order valence-corrected chi connectivity index (χ3v) is 12.3. The van der Waals surface area contributed by atoms with Gasteiger partial charge >= 0.3 is 0 Å². The molecule has 0 saturated heterocycles. The number of benzene rings is 2. The minimum atomic E-state index is -1.66. The first-order chi connectivity index (χ1) is 12.3. The quantitative estimate of drug-likeness (QED) is 0.340. The molecule has 0 amide bonds. The predicted molar refractivity (Wildman–Crippen MR) is 121 cm³/mol. The number of halogens is 1. The van der Waals surface area contributed by atoms with Crippen molar-refractivity contribution in [2.75, 3.05) is 0 Å². The first kappa shape index (κ1) is 21.0. The summed E-state index contributed by atoms with van der Waals surface area (Å²) in [5, 5.41) is 0. The first-order valence-corrected chi connectivity index (χ1v) is 12.6. The summed E-state index contributed by atoms with van der Waals surface area (Å²) in [5.41, 5.74) is 9.61. The lowest BCUT2D eigenvalue weighted by Crippen LogP contribution is -2.43. The molecule has 26 heavy (non-hydrogen) atoms. The maximum atomic E-state index is 3.81. The van der Waals surface area contributed by atoms with E-state index < -0.39 is 8.07 Å². The van der Waals surface area contributed by atoms with Gasteiger partial charge in [0.1, 0.15) is 8.07 Å². The van der Waals surface area contributed by atoms with Gasteiger partial charge < -0.3 is 0 Å². The summed E-state index contributed by atoms with van der Waals surface area (Å²) < 4.78 is 1.13. The van der Waals surface area contributed by atoms with E-state index in [1.807, 2.05) is 0 Å². The van der Waals surface area contributed by atoms with Gasteiger partial charge in [-0.3, -0.25) is 0 Å². The van der Waals surface area contributed by atoms with E-state index >= 15 is 0 Å². The molecule has 2 heteroatoms. The smallest absolute Gasteiger partial charge is 0.125 e. The van der Waals surface area contributed by atoms with Crippen LogP contribution in [0.1, 0.15) is 58.2 Å². The van der Waals surface area contributed by atoms with E-state index in [0.717, 1.165) is 16.5 Å². The fraction of sp³-hybridized carbons (Fsp3) is 0.417. The molecule has 0 aliphatic rings. The molecular weight excluding hydrogens is 396 g/mol. The second-order valence-electron chi connectivity index (χ2n) is 8.15. The Morgan fingerprint density at radius 1 is 0.808 bits per heavy atom. The van der Waals surface area contributed by atoms with Gasteiger partial charge in [-0.2, -0.15) is 0 Å². The molecule has 0 bridgehead atoms. The fourth-order valence-electron chi connectivity index (χ4n) is 4.20. The Morgan fingerprint density at radius 2 is 1.38 bits per heavy atom. The molecule has 0 radical (unpaired) electrons. The third kappa shape index (κ3) is 4.90. The summed E-state index contributed by atoms with van der Waals surface area (Å²) in [6.07, 6.45) is 0.954. The molecule has 0 atom stereocenters. The normalized spacial score (nSPS) is 11.8. The summed E-state index contributed by atoms with van der Waals surface area (Å²) in [6, 6.07) is 17.3. The SMILES string of the molecule is CC(C)[Si](C#Cc1ccc(Cc2cccc(Br)c2)cc1)(C(C)C)C(C)C. The highest BCUT2D eigenvalue weighted by atomic mass is 79.9. The van der Waals surface area contributed by atoms with E-state index in [1.165, 1.54) is 11.1 Å². The molecule has 0 aromatic heterocycles. The van der Waals surface area contributed by atoms with Gasteiger partial charge in [0.05, 0.1) is 0 Å². The molecule has 0 aliphatic carbocycles. The molecule has 2 aromatic carbocycles. The molecule has 0 nitrogen and oxygen atoms in total. The third-order valence-electron chi connectivity index (χ3n) is 5.54. The molecule has 138 valence electrons. The lowest BCUT2D eigenvalue weighted by molar-refractivity contribution is 0.838. The van der Waals surface area contributed by atoms with Crippen molar-refractivity contribution in [1.29, 1.82) is 0 Å². The Bertz CT molecular complexity index is 754. The summed E-state index contributed by atoms with van der Waals surface area (Å²) in [7, 11) is -1.66. The monoisotopic (exact) mass is 426 g/mol. The molecule has 2 aromatic rings. The molecule has 0 fully saturated rings. The summed E-state index contributed by atoms with van der Waals surface area (Å²) in [5.74, 6) is 3.53. The Balaban J connectivity index is 2.22. The van der Waals surface area contributed by atoms with Crippen molar-refractivity contribution >= 4 is 24.0 Å². The van der Waals surface area contributed by atoms with E-state index in [0.29, 0.717) is 16.6 Å².